The van der Waals surface area contributed by atoms with Gasteiger partial charge >= 0.3 is 5.69 Å². The van der Waals surface area contributed by atoms with Crippen LogP contribution in [-0.4, -0.2) is 84.2 Å². The number of aromatic nitrogens is 6. The van der Waals surface area contributed by atoms with Crippen LogP contribution >= 0.6 is 0 Å². The Morgan fingerprint density at radius 1 is 1.02 bits per heavy atom. The molecule has 3 aliphatic rings. The molecule has 270 valence electrons. The largest absolute Gasteiger partial charge is 0.365 e. The first-order valence-corrected chi connectivity index (χ1v) is 17.9. The number of fused-ring (bicyclic) bond motifs is 2. The fourth-order valence-corrected chi connectivity index (χ4v) is 8.12. The van der Waals surface area contributed by atoms with Crippen LogP contribution in [0, 0.1) is 18.7 Å². The molecule has 0 spiro atoms. The van der Waals surface area contributed by atoms with E-state index in [4.69, 9.17) is 5.10 Å². The number of aryl methyl sites for hydroxylation is 2. The van der Waals surface area contributed by atoms with Crippen LogP contribution in [0.5, 0.6) is 0 Å². The van der Waals surface area contributed by atoms with Crippen molar-refractivity contribution in [2.24, 2.45) is 13.0 Å². The maximum atomic E-state index is 15.5. The Hall–Kier alpha value is -5.44. The highest BCUT2D eigenvalue weighted by atomic mass is 19.1. The molecule has 4 aromatic heterocycles. The molecule has 0 bridgehead atoms. The normalized spacial score (nSPS) is 21.5. The molecule has 1 aliphatic carbocycles. The molecule has 1 atom stereocenters. The van der Waals surface area contributed by atoms with Gasteiger partial charge in [0, 0.05) is 63.5 Å². The molecule has 3 amide bonds. The van der Waals surface area contributed by atoms with Crippen molar-refractivity contribution in [2.45, 2.75) is 57.5 Å². The van der Waals surface area contributed by atoms with Gasteiger partial charge in [-0.1, -0.05) is 6.07 Å². The zero-order valence-electron chi connectivity index (χ0n) is 29.2. The van der Waals surface area contributed by atoms with E-state index >= 15 is 4.39 Å². The third kappa shape index (κ3) is 6.33. The van der Waals surface area contributed by atoms with Crippen molar-refractivity contribution in [3.63, 3.8) is 0 Å². The first-order chi connectivity index (χ1) is 25.1. The monoisotopic (exact) mass is 708 g/mol. The zero-order valence-corrected chi connectivity index (χ0v) is 29.2. The molecule has 1 unspecified atom stereocenters. The van der Waals surface area contributed by atoms with Crippen molar-refractivity contribution in [2.75, 3.05) is 42.9 Å². The first kappa shape index (κ1) is 33.7. The van der Waals surface area contributed by atoms with Crippen LogP contribution < -0.4 is 21.2 Å². The van der Waals surface area contributed by atoms with Gasteiger partial charge in [-0.15, -0.1) is 0 Å². The van der Waals surface area contributed by atoms with E-state index in [0.29, 0.717) is 47.2 Å². The van der Waals surface area contributed by atoms with E-state index in [9.17, 15) is 19.2 Å². The van der Waals surface area contributed by atoms with Gasteiger partial charge < -0.3 is 10.2 Å². The van der Waals surface area contributed by atoms with E-state index in [-0.39, 0.29) is 30.7 Å². The maximum Gasteiger partial charge on any atom is 0.329 e. The molecule has 1 aromatic carbocycles. The second kappa shape index (κ2) is 13.6. The quantitative estimate of drug-likeness (QED) is 0.241. The SMILES string of the molecule is Cc1cccc(C(=O)Nc2cc3cn(C4CCC(CN5CCN(c6c(F)ccc7c6n(C)c(=O)n7C6CCC(=O)NC6=O)CC5)CC4)nc3cn2)n1. The molecular formula is C37H41FN10O4. The molecule has 15 heteroatoms. The summed E-state index contributed by atoms with van der Waals surface area (Å²) >= 11 is 0. The lowest BCUT2D eigenvalue weighted by Crippen LogP contribution is -2.48. The van der Waals surface area contributed by atoms with Gasteiger partial charge in [0.15, 0.2) is 0 Å². The van der Waals surface area contributed by atoms with Crippen LogP contribution in [0.2, 0.25) is 0 Å². The Bertz CT molecular complexity index is 2260. The minimum absolute atomic E-state index is 0.145. The number of anilines is 2. The van der Waals surface area contributed by atoms with E-state index in [2.05, 4.69) is 25.5 Å². The summed E-state index contributed by atoms with van der Waals surface area (Å²) in [7, 11) is 1.60. The van der Waals surface area contributed by atoms with Crippen molar-refractivity contribution in [1.29, 1.82) is 0 Å². The van der Waals surface area contributed by atoms with Crippen LogP contribution in [0.3, 0.4) is 0 Å². The van der Waals surface area contributed by atoms with Gasteiger partial charge in [-0.25, -0.2) is 19.2 Å². The highest BCUT2D eigenvalue weighted by Gasteiger charge is 2.34. The average molecular weight is 709 g/mol. The number of carbonyl (C=O) groups is 3. The lowest BCUT2D eigenvalue weighted by molar-refractivity contribution is -0.135. The Balaban J connectivity index is 0.876. The topological polar surface area (TPSA) is 152 Å². The summed E-state index contributed by atoms with van der Waals surface area (Å²) in [5.41, 5.74) is 2.82. The molecule has 5 aromatic rings. The van der Waals surface area contributed by atoms with Crippen molar-refractivity contribution < 1.29 is 18.8 Å². The lowest BCUT2D eigenvalue weighted by atomic mass is 9.85. The van der Waals surface area contributed by atoms with Crippen molar-refractivity contribution >= 4 is 51.2 Å². The van der Waals surface area contributed by atoms with Crippen LogP contribution in [-0.2, 0) is 16.6 Å². The van der Waals surface area contributed by atoms with Crippen LogP contribution in [0.4, 0.5) is 15.9 Å². The number of imidazole rings is 1. The van der Waals surface area contributed by atoms with Crippen LogP contribution in [0.1, 0.15) is 66.8 Å². The number of imide groups is 1. The second-order valence-corrected chi connectivity index (χ2v) is 14.3. The maximum absolute atomic E-state index is 15.5. The number of benzene rings is 1. The highest BCUT2D eigenvalue weighted by molar-refractivity contribution is 6.03. The van der Waals surface area contributed by atoms with Crippen molar-refractivity contribution in [3.05, 3.63) is 76.5 Å². The molecule has 1 saturated carbocycles. The standard InChI is InChI=1S/C37H41FN10O4/c1-22-4-3-5-27(40-22)35(50)41-31-18-24-21-47(43-28(24)19-39-31)25-8-6-23(7-9-25)20-45-14-16-46(17-15-45)33-26(38)10-11-29-34(33)44(2)37(52)48(29)30-12-13-32(49)42-36(30)51/h3-5,10-11,18-19,21,23,25,30H,6-9,12-17,20H2,1-2H3,(H,41,50)(H,42,49,51). The molecule has 8 rings (SSSR count). The van der Waals surface area contributed by atoms with Crippen LogP contribution in [0.15, 0.2) is 53.6 Å². The van der Waals surface area contributed by atoms with Gasteiger partial charge in [0.2, 0.25) is 11.8 Å². The molecule has 52 heavy (non-hydrogen) atoms. The predicted octanol–water partition coefficient (Wildman–Crippen LogP) is 3.71. The minimum Gasteiger partial charge on any atom is -0.365 e. The molecule has 3 fully saturated rings. The van der Waals surface area contributed by atoms with Gasteiger partial charge in [0.05, 0.1) is 29.0 Å². The smallest absolute Gasteiger partial charge is 0.329 e. The predicted molar refractivity (Wildman–Crippen MR) is 193 cm³/mol. The van der Waals surface area contributed by atoms with Crippen molar-refractivity contribution in [3.8, 4) is 0 Å². The van der Waals surface area contributed by atoms with E-state index in [1.807, 2.05) is 34.8 Å². The number of nitrogens with zero attached hydrogens (tertiary/aromatic N) is 8. The van der Waals surface area contributed by atoms with E-state index in [1.165, 1.54) is 15.2 Å². The van der Waals surface area contributed by atoms with Gasteiger partial charge in [-0.05, 0) is 75.3 Å². The molecule has 2 aliphatic heterocycles. The number of halogens is 1. The summed E-state index contributed by atoms with van der Waals surface area (Å²) in [5.74, 6) is -0.567. The van der Waals surface area contributed by atoms with Gasteiger partial charge in [0.25, 0.3) is 5.91 Å². The van der Waals surface area contributed by atoms with E-state index in [1.54, 1.807) is 31.4 Å². The second-order valence-electron chi connectivity index (χ2n) is 14.3. The highest BCUT2D eigenvalue weighted by Crippen LogP contribution is 2.35. The lowest BCUT2D eigenvalue weighted by Gasteiger charge is -2.39. The Labute approximate surface area is 298 Å². The summed E-state index contributed by atoms with van der Waals surface area (Å²) in [4.78, 5) is 63.6. The number of amides is 3. The van der Waals surface area contributed by atoms with Gasteiger partial charge in [-0.3, -0.25) is 38.4 Å². The summed E-state index contributed by atoms with van der Waals surface area (Å²) in [6.45, 7) is 5.59. The summed E-state index contributed by atoms with van der Waals surface area (Å²) in [6, 6.07) is 9.56. The zero-order chi connectivity index (χ0) is 36.1. The fourth-order valence-electron chi connectivity index (χ4n) is 8.12. The Morgan fingerprint density at radius 3 is 2.56 bits per heavy atom. The summed E-state index contributed by atoms with van der Waals surface area (Å²) in [6.07, 6.45) is 8.28. The molecule has 2 N–H and O–H groups in total. The van der Waals surface area contributed by atoms with Gasteiger partial charge in [-0.2, -0.15) is 5.10 Å². The first-order valence-electron chi connectivity index (χ1n) is 17.9. The molecule has 2 saturated heterocycles. The molecule has 0 radical (unpaired) electrons. The van der Waals surface area contributed by atoms with Gasteiger partial charge in [0.1, 0.15) is 28.9 Å². The minimum atomic E-state index is -0.821. The number of carbonyl (C=O) groups excluding carboxylic acids is 3. The number of nitrogens with one attached hydrogen (secondary N) is 2. The molecule has 14 nitrogen and oxygen atoms in total. The Morgan fingerprint density at radius 2 is 1.81 bits per heavy atom. The van der Waals surface area contributed by atoms with E-state index < -0.39 is 23.5 Å². The van der Waals surface area contributed by atoms with Crippen molar-refractivity contribution in [1.82, 2.24) is 39.1 Å². The fraction of sp³-hybridized carbons (Fsp3) is 0.432. The number of rotatable bonds is 7. The van der Waals surface area contributed by atoms with E-state index in [0.717, 1.165) is 61.9 Å². The number of hydrogen-bond acceptors (Lipinski definition) is 9. The third-order valence-electron chi connectivity index (χ3n) is 10.9. The molecular weight excluding hydrogens is 667 g/mol. The number of hydrogen-bond donors (Lipinski definition) is 2. The number of pyridine rings is 2. The summed E-state index contributed by atoms with van der Waals surface area (Å²) in [5, 5.41) is 10.9. The van der Waals surface area contributed by atoms with Crippen LogP contribution in [0.25, 0.3) is 21.9 Å². The third-order valence-corrected chi connectivity index (χ3v) is 10.9. The number of piperidine rings is 1. The molecule has 6 heterocycles. The average Bonchev–Trinajstić information content (AvgIpc) is 3.67. The number of piperazine rings is 1. The summed E-state index contributed by atoms with van der Waals surface area (Å²) < 4.78 is 20.4. The Kier molecular flexibility index (Phi) is 8.81.